The van der Waals surface area contributed by atoms with Gasteiger partial charge < -0.3 is 10.2 Å². The molecule has 1 aromatic rings. The zero-order valence-electron chi connectivity index (χ0n) is 12.7. The molecule has 0 fully saturated rings. The minimum atomic E-state index is -3.67. The summed E-state index contributed by atoms with van der Waals surface area (Å²) in [6.07, 6.45) is 0.866. The Morgan fingerprint density at radius 1 is 1.24 bits per heavy atom. The van der Waals surface area contributed by atoms with E-state index in [9.17, 15) is 13.2 Å². The van der Waals surface area contributed by atoms with Crippen LogP contribution >= 0.6 is 0 Å². The molecule has 2 amide bonds. The van der Waals surface area contributed by atoms with Crippen LogP contribution in [0.3, 0.4) is 0 Å². The van der Waals surface area contributed by atoms with Crippen molar-refractivity contribution in [3.05, 3.63) is 24.3 Å². The molecule has 1 N–H and O–H groups in total. The van der Waals surface area contributed by atoms with Crippen LogP contribution in [0.4, 0.5) is 10.5 Å². The molecule has 118 valence electrons. The van der Waals surface area contributed by atoms with Crippen molar-refractivity contribution in [2.45, 2.75) is 18.2 Å². The summed E-state index contributed by atoms with van der Waals surface area (Å²) in [4.78, 5) is 18.1. The van der Waals surface area contributed by atoms with E-state index in [-0.39, 0.29) is 10.9 Å². The standard InChI is InChI=1S/C13H21N3O4S/c1-5-10-15(2)13(17)14-11-6-8-12(9-7-11)21(18,19)16(3)20-4/h6-9H,5,10H2,1-4H3,(H,14,17). The summed E-state index contributed by atoms with van der Waals surface area (Å²) in [5.41, 5.74) is 0.530. The molecule has 1 rings (SSSR count). The van der Waals surface area contributed by atoms with E-state index < -0.39 is 10.0 Å². The molecule has 0 radical (unpaired) electrons. The molecule has 0 unspecified atom stereocenters. The van der Waals surface area contributed by atoms with Gasteiger partial charge in [-0.25, -0.2) is 13.2 Å². The number of carbonyl (C=O) groups is 1. The number of nitrogens with one attached hydrogen (secondary N) is 1. The Morgan fingerprint density at radius 2 is 1.81 bits per heavy atom. The van der Waals surface area contributed by atoms with Crippen molar-refractivity contribution in [3.8, 4) is 0 Å². The van der Waals surface area contributed by atoms with Crippen LogP contribution in [-0.2, 0) is 14.9 Å². The summed E-state index contributed by atoms with van der Waals surface area (Å²) < 4.78 is 24.8. The molecule has 0 aliphatic heterocycles. The van der Waals surface area contributed by atoms with Gasteiger partial charge >= 0.3 is 6.03 Å². The lowest BCUT2D eigenvalue weighted by Gasteiger charge is -2.17. The highest BCUT2D eigenvalue weighted by Crippen LogP contribution is 2.17. The van der Waals surface area contributed by atoms with Crippen molar-refractivity contribution in [1.29, 1.82) is 0 Å². The average molecular weight is 315 g/mol. The van der Waals surface area contributed by atoms with Gasteiger partial charge in [0.25, 0.3) is 10.0 Å². The van der Waals surface area contributed by atoms with Crippen LogP contribution in [0, 0.1) is 0 Å². The highest BCUT2D eigenvalue weighted by molar-refractivity contribution is 7.89. The predicted molar refractivity (Wildman–Crippen MR) is 80.3 cm³/mol. The van der Waals surface area contributed by atoms with E-state index in [1.807, 2.05) is 6.92 Å². The van der Waals surface area contributed by atoms with Crippen molar-refractivity contribution >= 4 is 21.7 Å². The second kappa shape index (κ2) is 7.39. The Labute approximate surface area is 125 Å². The lowest BCUT2D eigenvalue weighted by Crippen LogP contribution is -2.31. The summed E-state index contributed by atoms with van der Waals surface area (Å²) in [5.74, 6) is 0. The predicted octanol–water partition coefficient (Wildman–Crippen LogP) is 1.74. The van der Waals surface area contributed by atoms with Crippen LogP contribution in [0.2, 0.25) is 0 Å². The number of benzene rings is 1. The number of anilines is 1. The van der Waals surface area contributed by atoms with Gasteiger partial charge in [0.2, 0.25) is 0 Å². The van der Waals surface area contributed by atoms with Gasteiger partial charge in [-0.05, 0) is 30.7 Å². The van der Waals surface area contributed by atoms with E-state index in [4.69, 9.17) is 4.84 Å². The fourth-order valence-electron chi connectivity index (χ4n) is 1.61. The second-order valence-corrected chi connectivity index (χ2v) is 6.41. The first kappa shape index (κ1) is 17.4. The highest BCUT2D eigenvalue weighted by Gasteiger charge is 2.20. The normalized spacial score (nSPS) is 11.5. The molecule has 0 saturated carbocycles. The first-order valence-electron chi connectivity index (χ1n) is 6.48. The first-order valence-corrected chi connectivity index (χ1v) is 7.92. The number of sulfonamides is 1. The number of rotatable bonds is 6. The molecule has 0 saturated heterocycles. The summed E-state index contributed by atoms with van der Waals surface area (Å²) in [7, 11) is 0.612. The molecule has 0 aliphatic carbocycles. The Bertz CT molecular complexity index is 572. The van der Waals surface area contributed by atoms with Crippen molar-refractivity contribution in [2.75, 3.05) is 33.1 Å². The number of hydrogen-bond acceptors (Lipinski definition) is 4. The maximum atomic E-state index is 12.0. The van der Waals surface area contributed by atoms with Crippen molar-refractivity contribution < 1.29 is 18.0 Å². The Kier molecular flexibility index (Phi) is 6.13. The van der Waals surface area contributed by atoms with E-state index in [0.29, 0.717) is 12.2 Å². The van der Waals surface area contributed by atoms with Crippen LogP contribution in [-0.4, -0.2) is 51.6 Å². The topological polar surface area (TPSA) is 79.0 Å². The molecular weight excluding hydrogens is 294 g/mol. The number of hydroxylamine groups is 1. The third-order valence-electron chi connectivity index (χ3n) is 2.90. The molecule has 7 nitrogen and oxygen atoms in total. The van der Waals surface area contributed by atoms with Gasteiger partial charge in [-0.2, -0.15) is 0 Å². The van der Waals surface area contributed by atoms with Crippen molar-refractivity contribution in [1.82, 2.24) is 9.37 Å². The number of nitrogens with zero attached hydrogens (tertiary/aromatic N) is 2. The molecule has 0 spiro atoms. The van der Waals surface area contributed by atoms with E-state index in [2.05, 4.69) is 5.32 Å². The summed E-state index contributed by atoms with van der Waals surface area (Å²) in [6.45, 7) is 2.63. The van der Waals surface area contributed by atoms with E-state index in [1.54, 1.807) is 11.9 Å². The van der Waals surface area contributed by atoms with Gasteiger partial charge in [-0.15, -0.1) is 0 Å². The minimum absolute atomic E-state index is 0.0896. The maximum absolute atomic E-state index is 12.0. The quantitative estimate of drug-likeness (QED) is 0.811. The number of amides is 2. The van der Waals surface area contributed by atoms with Gasteiger partial charge in [0.05, 0.1) is 12.0 Å². The maximum Gasteiger partial charge on any atom is 0.321 e. The minimum Gasteiger partial charge on any atom is -0.328 e. The lowest BCUT2D eigenvalue weighted by atomic mass is 10.3. The van der Waals surface area contributed by atoms with Gasteiger partial charge in [0.1, 0.15) is 0 Å². The van der Waals surface area contributed by atoms with Crippen LogP contribution in [0.5, 0.6) is 0 Å². The Hall–Kier alpha value is -1.64. The lowest BCUT2D eigenvalue weighted by molar-refractivity contribution is -0.0258. The van der Waals surface area contributed by atoms with Gasteiger partial charge in [-0.1, -0.05) is 11.4 Å². The molecule has 0 aromatic heterocycles. The van der Waals surface area contributed by atoms with Crippen LogP contribution in [0.1, 0.15) is 13.3 Å². The number of carbonyl (C=O) groups excluding carboxylic acids is 1. The molecule has 1 aromatic carbocycles. The SMILES string of the molecule is CCCN(C)C(=O)Nc1ccc(S(=O)(=O)N(C)OC)cc1. The van der Waals surface area contributed by atoms with E-state index in [1.165, 1.54) is 38.4 Å². The zero-order valence-corrected chi connectivity index (χ0v) is 13.5. The van der Waals surface area contributed by atoms with Gasteiger partial charge in [0, 0.05) is 26.3 Å². The van der Waals surface area contributed by atoms with E-state index in [0.717, 1.165) is 10.9 Å². The van der Waals surface area contributed by atoms with Gasteiger partial charge in [-0.3, -0.25) is 4.84 Å². The largest absolute Gasteiger partial charge is 0.328 e. The van der Waals surface area contributed by atoms with Gasteiger partial charge in [0.15, 0.2) is 0 Å². The molecule has 0 aliphatic rings. The molecule has 0 atom stereocenters. The summed E-state index contributed by atoms with van der Waals surface area (Å²) in [5, 5.41) is 2.70. The Morgan fingerprint density at radius 3 is 2.29 bits per heavy atom. The van der Waals surface area contributed by atoms with Crippen LogP contribution in [0.25, 0.3) is 0 Å². The Balaban J connectivity index is 2.82. The van der Waals surface area contributed by atoms with Crippen LogP contribution < -0.4 is 5.32 Å². The molecule has 0 heterocycles. The monoisotopic (exact) mass is 315 g/mol. The van der Waals surface area contributed by atoms with E-state index >= 15 is 0 Å². The third kappa shape index (κ3) is 4.42. The van der Waals surface area contributed by atoms with Crippen molar-refractivity contribution in [3.63, 3.8) is 0 Å². The molecule has 0 bridgehead atoms. The second-order valence-electron chi connectivity index (χ2n) is 4.47. The summed E-state index contributed by atoms with van der Waals surface area (Å²) in [6, 6.07) is 5.67. The van der Waals surface area contributed by atoms with Crippen molar-refractivity contribution in [2.24, 2.45) is 0 Å². The fourth-order valence-corrected chi connectivity index (χ4v) is 2.59. The first-order chi connectivity index (χ1) is 9.82. The average Bonchev–Trinajstić information content (AvgIpc) is 2.47. The number of hydrogen-bond donors (Lipinski definition) is 1. The zero-order chi connectivity index (χ0) is 16.0. The highest BCUT2D eigenvalue weighted by atomic mass is 32.2. The molecule has 21 heavy (non-hydrogen) atoms. The third-order valence-corrected chi connectivity index (χ3v) is 4.60. The molecule has 8 heteroatoms. The molecular formula is C13H21N3O4S. The smallest absolute Gasteiger partial charge is 0.321 e. The fraction of sp³-hybridized carbons (Fsp3) is 0.462. The van der Waals surface area contributed by atoms with Crippen LogP contribution in [0.15, 0.2) is 29.2 Å². The number of urea groups is 1. The summed E-state index contributed by atoms with van der Waals surface area (Å²) >= 11 is 0.